The van der Waals surface area contributed by atoms with Crippen molar-refractivity contribution in [2.24, 2.45) is 23.7 Å². The van der Waals surface area contributed by atoms with Gasteiger partial charge in [0.05, 0.1) is 54.5 Å². The molecule has 4 atom stereocenters. The monoisotopic (exact) mass is 1760 g/mol. The van der Waals surface area contributed by atoms with Gasteiger partial charge in [-0.1, -0.05) is 144 Å². The zero-order valence-corrected chi connectivity index (χ0v) is 77.3. The maximum absolute atomic E-state index is 6.93. The molecule has 10 aromatic rings. The molecule has 0 aliphatic rings. The molecule has 17 heteroatoms. The molecule has 0 bridgehead atoms. The topological polar surface area (TPSA) is 62.7 Å². The average Bonchev–Trinajstić information content (AvgIpc) is 1.63. The second-order valence-corrected chi connectivity index (χ2v) is 56.7. The predicted molar refractivity (Wildman–Crippen MR) is 470 cm³/mol. The zero-order chi connectivity index (χ0) is 72.6. The minimum Gasteiger partial charge on any atom is -0.491 e. The molecule has 0 amide bonds. The summed E-state index contributed by atoms with van der Waals surface area (Å²) in [5.74, 6) is 6.77. The Morgan fingerprint density at radius 3 is 1.14 bits per heavy atom. The van der Waals surface area contributed by atoms with Crippen molar-refractivity contribution in [1.82, 2.24) is 9.97 Å². The van der Waals surface area contributed by atoms with Gasteiger partial charge in [-0.3, -0.25) is 0 Å². The first kappa shape index (κ1) is 85.0. The van der Waals surface area contributed by atoms with Crippen LogP contribution < -0.4 is 21.8 Å². The van der Waals surface area contributed by atoms with Crippen LogP contribution in [0.2, 0.25) is 14.8 Å². The van der Waals surface area contributed by atoms with Crippen LogP contribution in [0.5, 0.6) is 23.0 Å². The summed E-state index contributed by atoms with van der Waals surface area (Å²) in [7, 11) is 0. The van der Waals surface area contributed by atoms with Gasteiger partial charge in [0, 0.05) is 25.4 Å². The minimum atomic E-state index is -2.25. The maximum atomic E-state index is 6.93. The van der Waals surface area contributed by atoms with Gasteiger partial charge >= 0.3 is 228 Å². The number of thiophene rings is 6. The van der Waals surface area contributed by atoms with Crippen molar-refractivity contribution < 1.29 is 18.9 Å². The number of rotatable bonds is 44. The van der Waals surface area contributed by atoms with Crippen molar-refractivity contribution in [2.75, 3.05) is 26.4 Å². The predicted octanol–water partition coefficient (Wildman–Crippen LogP) is 32.1. The molecule has 8 aromatic heterocycles. The summed E-state index contributed by atoms with van der Waals surface area (Å²) < 4.78 is 39.1. The van der Waals surface area contributed by atoms with E-state index in [2.05, 4.69) is 161 Å². The van der Waals surface area contributed by atoms with Gasteiger partial charge in [0.2, 0.25) is 0 Å². The van der Waals surface area contributed by atoms with Crippen LogP contribution in [0.4, 0.5) is 0 Å². The Kier molecular flexibility index (Phi) is 36.7. The van der Waals surface area contributed by atoms with E-state index in [9.17, 15) is 0 Å². The number of hydrogen-bond acceptors (Lipinski definition) is 14. The molecule has 8 heterocycles. The average molecular weight is 1760 g/mol. The Hall–Kier alpha value is -1.58. The van der Waals surface area contributed by atoms with Crippen molar-refractivity contribution in [3.05, 3.63) is 56.5 Å². The van der Waals surface area contributed by atoms with Crippen molar-refractivity contribution >= 4 is 205 Å². The number of hydrogen-bond donors (Lipinski definition) is 0. The molecule has 0 fully saturated rings. The third-order valence-corrected chi connectivity index (χ3v) is 40.6. The quantitative estimate of drug-likeness (QED) is 0.0280. The van der Waals surface area contributed by atoms with E-state index >= 15 is 0 Å². The van der Waals surface area contributed by atoms with Gasteiger partial charge in [-0.2, -0.15) is 0 Å². The van der Waals surface area contributed by atoms with Crippen LogP contribution in [0, 0.1) is 44.4 Å². The first-order chi connectivity index (χ1) is 48.9. The van der Waals surface area contributed by atoms with Crippen molar-refractivity contribution in [3.63, 3.8) is 0 Å². The van der Waals surface area contributed by atoms with E-state index in [1.807, 2.05) is 79.4 Å². The first-order valence-corrected chi connectivity index (χ1v) is 57.6. The summed E-state index contributed by atoms with van der Waals surface area (Å²) in [6, 6.07) is 9.57. The summed E-state index contributed by atoms with van der Waals surface area (Å²) in [4.78, 5) is 24.2. The normalized spacial score (nSPS) is 13.2. The van der Waals surface area contributed by atoms with Gasteiger partial charge < -0.3 is 9.47 Å². The third-order valence-electron chi connectivity index (χ3n) is 20.1. The van der Waals surface area contributed by atoms with E-state index in [0.717, 1.165) is 84.4 Å². The number of benzene rings is 2. The number of nitrogens with zero attached hydrogens (tertiary/aromatic N) is 2. The van der Waals surface area contributed by atoms with Crippen LogP contribution in [0.1, 0.15) is 274 Å². The molecular formula is C84H124Br2N2O4S8Sn. The molecule has 560 valence electrons. The van der Waals surface area contributed by atoms with Crippen molar-refractivity contribution in [3.8, 4) is 32.8 Å². The van der Waals surface area contributed by atoms with Gasteiger partial charge in [0.1, 0.15) is 22.5 Å². The van der Waals surface area contributed by atoms with Gasteiger partial charge in [0.15, 0.2) is 0 Å². The second kappa shape index (κ2) is 43.6. The maximum Gasteiger partial charge on any atom is 0.146 e. The molecule has 0 spiro atoms. The summed E-state index contributed by atoms with van der Waals surface area (Å²) in [5.41, 5.74) is 2.34. The molecular weight excluding hydrogens is 1640 g/mol. The van der Waals surface area contributed by atoms with E-state index < -0.39 is 18.4 Å². The second-order valence-electron chi connectivity index (χ2n) is 29.6. The number of ether oxygens (including phenoxy) is 4. The van der Waals surface area contributed by atoms with Crippen LogP contribution in [-0.2, 0) is 12.8 Å². The van der Waals surface area contributed by atoms with E-state index in [1.165, 1.54) is 260 Å². The molecule has 0 saturated heterocycles. The van der Waals surface area contributed by atoms with Crippen LogP contribution in [0.25, 0.3) is 70.5 Å². The largest absolute Gasteiger partial charge is 0.491 e. The Bertz CT molecular complexity index is 3890. The van der Waals surface area contributed by atoms with Gasteiger partial charge in [0.25, 0.3) is 0 Å². The zero-order valence-electron chi connectivity index (χ0n) is 64.7. The third kappa shape index (κ3) is 23.7. The van der Waals surface area contributed by atoms with Crippen LogP contribution in [0.15, 0.2) is 31.8 Å². The number of aryl methyl sites for hydroxylation is 5. The Morgan fingerprint density at radius 2 is 0.733 bits per heavy atom. The first-order valence-electron chi connectivity index (χ1n) is 39.5. The summed E-state index contributed by atoms with van der Waals surface area (Å²) in [6.07, 6.45) is 38.0. The fourth-order valence-electron chi connectivity index (χ4n) is 13.4. The number of fused-ring (bicyclic) bond motifs is 6. The van der Waals surface area contributed by atoms with E-state index in [4.69, 9.17) is 28.9 Å². The summed E-state index contributed by atoms with van der Waals surface area (Å²) in [6.45, 7) is 32.8. The molecule has 0 N–H and O–H groups in total. The van der Waals surface area contributed by atoms with Crippen molar-refractivity contribution in [2.45, 2.75) is 297 Å². The fourth-order valence-corrected chi connectivity index (χ4v) is 29.7. The molecule has 4 unspecified atom stereocenters. The number of aromatic nitrogens is 2. The molecule has 0 saturated carbocycles. The van der Waals surface area contributed by atoms with Crippen LogP contribution in [-0.4, -0.2) is 54.8 Å². The molecule has 6 nitrogen and oxygen atoms in total. The molecule has 0 aliphatic carbocycles. The SMILES string of the molecule is CCCCC(CC)COc1c2c[c]([Sn]([CH3])([CH3])[CH3])sc2c(OCC(CC)CCCC)c2cc(C)sc12.CCCCCCCCc1nc2c(-c3cc4c(OCC(CC)CCCC)c5sc(C)cc5c(OCC(CC)CCCC)c4s3)sc(C)c2s1.CCCCCCCCc1nc2c(Br)sc(Br)c2s1. The smallest absolute Gasteiger partial charge is 0.146 e. The van der Waals surface area contributed by atoms with Crippen LogP contribution in [0.3, 0.4) is 0 Å². The molecule has 0 radical (unpaired) electrons. The Labute approximate surface area is 663 Å². The summed E-state index contributed by atoms with van der Waals surface area (Å²) >= 11 is 19.9. The molecule has 0 aliphatic heterocycles. The van der Waals surface area contributed by atoms with E-state index in [1.54, 1.807) is 14.2 Å². The number of halogens is 2. The standard InChI is InChI=1S/C41H59NO2S4.C27H39O2S2.C13H17Br2NS2.3CH3.Sn/c1-8-13-16-17-18-19-22-34-42-35-38(48-34)28(7)46-41(35)33-24-32-37(44-26-30(12-5)21-15-10-3)39-31(23-27(6)45-39)36(40(32)47-33)43-25-29(11-4)20-14-9-2;1-6-10-12-20(8-3)17-28-24-22-14-15-30-26(22)25(23-16-19(5)31-27(23)24)29-18-21(9-4)13-11-7-2;1-2-3-4-5-6-7-8-9-16-10-11(17-9)13(15)18-12(10)14;;;;/h23-24,29-30H,8-22,25-26H2,1-7H3;14,16,20-21H,6-13,17-18H2,1-5H3;2-8H2,1H3;3*1H3;. The number of thiazole rings is 2. The number of unbranched alkanes of at least 4 members (excludes halogenated alkanes) is 14. The fraction of sp³-hybridized carbons (Fsp3) is 0.643. The van der Waals surface area contributed by atoms with Crippen molar-refractivity contribution in [1.29, 1.82) is 0 Å². The summed E-state index contributed by atoms with van der Waals surface area (Å²) in [5, 5.41) is 7.58. The van der Waals surface area contributed by atoms with Gasteiger partial charge in [-0.15, -0.1) is 68.0 Å². The molecule has 101 heavy (non-hydrogen) atoms. The van der Waals surface area contributed by atoms with E-state index in [0.29, 0.717) is 23.7 Å². The molecule has 10 rings (SSSR count). The van der Waals surface area contributed by atoms with Crippen LogP contribution >= 0.6 is 123 Å². The molecule has 2 aromatic carbocycles. The van der Waals surface area contributed by atoms with Gasteiger partial charge in [-0.05, 0) is 108 Å². The van der Waals surface area contributed by atoms with Gasteiger partial charge in [-0.25, -0.2) is 9.97 Å². The Morgan fingerprint density at radius 1 is 0.366 bits per heavy atom. The minimum absolute atomic E-state index is 0.577. The Balaban J connectivity index is 0.000000212. The van der Waals surface area contributed by atoms with E-state index in [-0.39, 0.29) is 0 Å².